The highest BCUT2D eigenvalue weighted by atomic mass is 35.5. The van der Waals surface area contributed by atoms with Gasteiger partial charge in [-0.2, -0.15) is 5.10 Å². The maximum atomic E-state index is 12.4. The first-order chi connectivity index (χ1) is 17.0. The number of hydrogen-bond acceptors (Lipinski definition) is 5. The number of rotatable bonds is 9. The summed E-state index contributed by atoms with van der Waals surface area (Å²) >= 11 is 12.1. The first-order valence-corrected chi connectivity index (χ1v) is 11.4. The monoisotopic (exact) mass is 508 g/mol. The Morgan fingerprint density at radius 1 is 1.11 bits per heavy atom. The van der Waals surface area contributed by atoms with Gasteiger partial charge >= 0.3 is 5.91 Å². The van der Waals surface area contributed by atoms with Crippen LogP contribution in [0.1, 0.15) is 27.2 Å². The number of carbonyl (C=O) groups is 1. The molecule has 0 aliphatic carbocycles. The van der Waals surface area contributed by atoms with E-state index in [1.54, 1.807) is 43.5 Å². The maximum Gasteiger partial charge on any atom is 0.307 e. The molecule has 1 N–H and O–H groups in total. The zero-order valence-electron chi connectivity index (χ0n) is 18.9. The molecule has 0 atom stereocenters. The van der Waals surface area contributed by atoms with Crippen molar-refractivity contribution in [3.8, 4) is 11.5 Å². The van der Waals surface area contributed by atoms with E-state index >= 15 is 0 Å². The number of nitrogens with zero attached hydrogens (tertiary/aromatic N) is 1. The number of furan rings is 1. The molecule has 4 aromatic rings. The second-order valence-electron chi connectivity index (χ2n) is 7.59. The zero-order valence-corrected chi connectivity index (χ0v) is 20.4. The number of benzene rings is 3. The standard InChI is InChI=1S/C27H22Cl2N2O4/c1-3-6-20-11-18(15-30-31-27(32)25-14-19-7-4-5-8-23(19)35-25)13-24(33-2)26(20)34-16-17-9-10-21(28)22(29)12-17/h3-5,7-15H,1,6,16H2,2H3,(H,31,32)/b30-15+. The van der Waals surface area contributed by atoms with Crippen LogP contribution >= 0.6 is 23.2 Å². The molecule has 0 saturated carbocycles. The van der Waals surface area contributed by atoms with Gasteiger partial charge in [0.15, 0.2) is 17.3 Å². The fourth-order valence-electron chi connectivity index (χ4n) is 3.48. The molecule has 0 aliphatic rings. The molecule has 0 fully saturated rings. The fraction of sp³-hybridized carbons (Fsp3) is 0.111. The van der Waals surface area contributed by atoms with Gasteiger partial charge in [-0.25, -0.2) is 5.43 Å². The molecule has 0 spiro atoms. The van der Waals surface area contributed by atoms with Crippen molar-refractivity contribution in [3.63, 3.8) is 0 Å². The Labute approximate surface area is 212 Å². The predicted molar refractivity (Wildman–Crippen MR) is 139 cm³/mol. The molecular formula is C27H22Cl2N2O4. The van der Waals surface area contributed by atoms with Crippen molar-refractivity contribution in [3.05, 3.63) is 106 Å². The molecule has 0 radical (unpaired) electrons. The summed E-state index contributed by atoms with van der Waals surface area (Å²) in [6.45, 7) is 4.11. The van der Waals surface area contributed by atoms with Crippen molar-refractivity contribution in [2.24, 2.45) is 5.10 Å². The Morgan fingerprint density at radius 3 is 2.69 bits per heavy atom. The first kappa shape index (κ1) is 24.4. The Bertz CT molecular complexity index is 1380. The highest BCUT2D eigenvalue weighted by Crippen LogP contribution is 2.34. The lowest BCUT2D eigenvalue weighted by Gasteiger charge is -2.16. The largest absolute Gasteiger partial charge is 0.493 e. The van der Waals surface area contributed by atoms with Crippen LogP contribution in [0.5, 0.6) is 11.5 Å². The summed E-state index contributed by atoms with van der Waals surface area (Å²) in [6.07, 6.45) is 3.84. The number of halogens is 2. The summed E-state index contributed by atoms with van der Waals surface area (Å²) in [5, 5.41) is 5.86. The van der Waals surface area contributed by atoms with Crippen LogP contribution < -0.4 is 14.9 Å². The van der Waals surface area contributed by atoms with Gasteiger partial charge < -0.3 is 13.9 Å². The molecule has 0 saturated heterocycles. The number of ether oxygens (including phenoxy) is 2. The lowest BCUT2D eigenvalue weighted by Crippen LogP contribution is -2.16. The second-order valence-corrected chi connectivity index (χ2v) is 8.40. The van der Waals surface area contributed by atoms with Gasteiger partial charge in [-0.05, 0) is 53.9 Å². The molecule has 1 amide bonds. The SMILES string of the molecule is C=CCc1cc(/C=N/NC(=O)c2cc3ccccc3o2)cc(OC)c1OCc1ccc(Cl)c(Cl)c1. The van der Waals surface area contributed by atoms with Crippen LogP contribution in [0.15, 0.2) is 82.8 Å². The van der Waals surface area contributed by atoms with Crippen LogP contribution in [0, 0.1) is 0 Å². The van der Waals surface area contributed by atoms with Gasteiger partial charge in [0.1, 0.15) is 12.2 Å². The molecule has 0 bridgehead atoms. The molecular weight excluding hydrogens is 487 g/mol. The normalized spacial score (nSPS) is 11.1. The van der Waals surface area contributed by atoms with Gasteiger partial charge in [0, 0.05) is 10.9 Å². The molecule has 4 rings (SSSR count). The molecule has 1 aromatic heterocycles. The summed E-state index contributed by atoms with van der Waals surface area (Å²) < 4.78 is 17.2. The van der Waals surface area contributed by atoms with Crippen LogP contribution in [0.2, 0.25) is 10.0 Å². The van der Waals surface area contributed by atoms with Crippen molar-refractivity contribution >= 4 is 46.3 Å². The van der Waals surface area contributed by atoms with Crippen LogP contribution in [0.25, 0.3) is 11.0 Å². The third kappa shape index (κ3) is 5.85. The second kappa shape index (κ2) is 11.1. The van der Waals surface area contributed by atoms with Gasteiger partial charge in [-0.1, -0.05) is 53.5 Å². The van der Waals surface area contributed by atoms with Gasteiger partial charge in [0.2, 0.25) is 0 Å². The molecule has 0 unspecified atom stereocenters. The first-order valence-electron chi connectivity index (χ1n) is 10.7. The van der Waals surface area contributed by atoms with E-state index in [-0.39, 0.29) is 12.4 Å². The van der Waals surface area contributed by atoms with Gasteiger partial charge in [-0.15, -0.1) is 6.58 Å². The van der Waals surface area contributed by atoms with Crippen LogP contribution in [0.3, 0.4) is 0 Å². The van der Waals surface area contributed by atoms with E-state index in [2.05, 4.69) is 17.1 Å². The Kier molecular flexibility index (Phi) is 7.75. The number of hydrogen-bond donors (Lipinski definition) is 1. The number of para-hydroxylation sites is 1. The Hall–Kier alpha value is -3.74. The summed E-state index contributed by atoms with van der Waals surface area (Å²) in [7, 11) is 1.56. The van der Waals surface area contributed by atoms with Crippen LogP contribution in [0.4, 0.5) is 0 Å². The third-order valence-corrected chi connectivity index (χ3v) is 5.87. The molecule has 35 heavy (non-hydrogen) atoms. The highest BCUT2D eigenvalue weighted by molar-refractivity contribution is 6.42. The summed E-state index contributed by atoms with van der Waals surface area (Å²) in [4.78, 5) is 12.4. The van der Waals surface area contributed by atoms with Crippen molar-refractivity contribution in [1.82, 2.24) is 5.43 Å². The van der Waals surface area contributed by atoms with E-state index in [0.717, 1.165) is 16.5 Å². The molecule has 8 heteroatoms. The number of amides is 1. The number of nitrogens with one attached hydrogen (secondary N) is 1. The molecule has 0 aliphatic heterocycles. The number of allylic oxidation sites excluding steroid dienone is 1. The average molecular weight is 509 g/mol. The number of carbonyl (C=O) groups excluding carboxylic acids is 1. The van der Waals surface area contributed by atoms with Gasteiger partial charge in [-0.3, -0.25) is 4.79 Å². The minimum absolute atomic E-state index is 0.180. The number of methoxy groups -OCH3 is 1. The van der Waals surface area contributed by atoms with Gasteiger partial charge in [0.05, 0.1) is 23.4 Å². The lowest BCUT2D eigenvalue weighted by atomic mass is 10.1. The third-order valence-electron chi connectivity index (χ3n) is 5.13. The average Bonchev–Trinajstić information content (AvgIpc) is 3.30. The van der Waals surface area contributed by atoms with E-state index < -0.39 is 5.91 Å². The quantitative estimate of drug-likeness (QED) is 0.153. The topological polar surface area (TPSA) is 73.1 Å². The predicted octanol–water partition coefficient (Wildman–Crippen LogP) is 6.82. The van der Waals surface area contributed by atoms with Crippen molar-refractivity contribution in [1.29, 1.82) is 0 Å². The van der Waals surface area contributed by atoms with Gasteiger partial charge in [0.25, 0.3) is 0 Å². The van der Waals surface area contributed by atoms with Crippen molar-refractivity contribution < 1.29 is 18.7 Å². The fourth-order valence-corrected chi connectivity index (χ4v) is 3.80. The minimum Gasteiger partial charge on any atom is -0.493 e. The summed E-state index contributed by atoms with van der Waals surface area (Å²) in [5.41, 5.74) is 5.56. The zero-order chi connectivity index (χ0) is 24.8. The van der Waals surface area contributed by atoms with E-state index in [9.17, 15) is 4.79 Å². The lowest BCUT2D eigenvalue weighted by molar-refractivity contribution is 0.0929. The van der Waals surface area contributed by atoms with E-state index in [0.29, 0.717) is 39.1 Å². The summed E-state index contributed by atoms with van der Waals surface area (Å²) in [5.74, 6) is 0.841. The Balaban J connectivity index is 1.50. The van der Waals surface area contributed by atoms with E-state index in [1.807, 2.05) is 30.3 Å². The van der Waals surface area contributed by atoms with Crippen molar-refractivity contribution in [2.45, 2.75) is 13.0 Å². The molecule has 1 heterocycles. The van der Waals surface area contributed by atoms with E-state index in [4.69, 9.17) is 37.1 Å². The molecule has 178 valence electrons. The Morgan fingerprint density at radius 2 is 1.94 bits per heavy atom. The molecule has 6 nitrogen and oxygen atoms in total. The minimum atomic E-state index is -0.447. The van der Waals surface area contributed by atoms with E-state index in [1.165, 1.54) is 6.21 Å². The number of fused-ring (bicyclic) bond motifs is 1. The maximum absolute atomic E-state index is 12.4. The van der Waals surface area contributed by atoms with Crippen molar-refractivity contribution in [2.75, 3.05) is 7.11 Å². The molecule has 3 aromatic carbocycles. The van der Waals surface area contributed by atoms with Crippen LogP contribution in [-0.2, 0) is 13.0 Å². The number of hydrazone groups is 1. The van der Waals surface area contributed by atoms with Crippen LogP contribution in [-0.4, -0.2) is 19.2 Å². The smallest absolute Gasteiger partial charge is 0.307 e. The summed E-state index contributed by atoms with van der Waals surface area (Å²) in [6, 6.07) is 18.1. The highest BCUT2D eigenvalue weighted by Gasteiger charge is 2.14.